The zero-order valence-electron chi connectivity index (χ0n) is 12.9. The molecule has 1 amide bonds. The van der Waals surface area contributed by atoms with E-state index in [2.05, 4.69) is 5.32 Å². The number of carbonyl (C=O) groups is 1. The number of nitrogens with zero attached hydrogens (tertiary/aromatic N) is 1. The van der Waals surface area contributed by atoms with Crippen molar-refractivity contribution in [2.45, 2.75) is 25.2 Å². The molecule has 0 aromatic heterocycles. The smallest absolute Gasteiger partial charge is 0.242 e. The van der Waals surface area contributed by atoms with Crippen LogP contribution in [-0.4, -0.2) is 39.3 Å². The fraction of sp³-hybridized carbons (Fsp3) is 0.500. The van der Waals surface area contributed by atoms with Gasteiger partial charge in [0.15, 0.2) is 0 Å². The van der Waals surface area contributed by atoms with Crippen molar-refractivity contribution in [2.75, 3.05) is 26.0 Å². The number of sulfonamides is 1. The van der Waals surface area contributed by atoms with E-state index < -0.39 is 15.4 Å². The molecule has 0 aliphatic heterocycles. The maximum absolute atomic E-state index is 12.2. The fourth-order valence-corrected chi connectivity index (χ4v) is 2.57. The van der Waals surface area contributed by atoms with Crippen LogP contribution < -0.4 is 11.1 Å². The Labute approximate surface area is 126 Å². The van der Waals surface area contributed by atoms with Crippen LogP contribution in [-0.2, 0) is 14.8 Å². The monoisotopic (exact) mass is 313 g/mol. The van der Waals surface area contributed by atoms with Gasteiger partial charge in [-0.05, 0) is 31.5 Å². The van der Waals surface area contributed by atoms with E-state index in [1.165, 1.54) is 26.2 Å². The molecule has 0 saturated heterocycles. The number of hydrogen-bond donors (Lipinski definition) is 2. The lowest BCUT2D eigenvalue weighted by molar-refractivity contribution is -0.124. The molecule has 0 radical (unpaired) electrons. The minimum atomic E-state index is -3.52. The number of hydrogen-bond acceptors (Lipinski definition) is 4. The molecule has 21 heavy (non-hydrogen) atoms. The van der Waals surface area contributed by atoms with Gasteiger partial charge in [0.05, 0.1) is 10.3 Å². The molecule has 0 fully saturated rings. The topological polar surface area (TPSA) is 92.5 Å². The van der Waals surface area contributed by atoms with Crippen LogP contribution in [0.15, 0.2) is 29.2 Å². The lowest BCUT2D eigenvalue weighted by atomic mass is 9.86. The molecular formula is C14H23N3O3S. The van der Waals surface area contributed by atoms with Gasteiger partial charge in [0.2, 0.25) is 15.9 Å². The van der Waals surface area contributed by atoms with E-state index in [1.807, 2.05) is 6.92 Å². The summed E-state index contributed by atoms with van der Waals surface area (Å²) in [7, 11) is -0.602. The van der Waals surface area contributed by atoms with Crippen LogP contribution in [0.5, 0.6) is 0 Å². The number of carbonyl (C=O) groups excluding carboxylic acids is 1. The summed E-state index contributed by atoms with van der Waals surface area (Å²) in [5, 5.41) is 2.73. The minimum Gasteiger partial charge on any atom is -0.329 e. The Morgan fingerprint density at radius 1 is 1.38 bits per heavy atom. The van der Waals surface area contributed by atoms with Crippen molar-refractivity contribution in [3.63, 3.8) is 0 Å². The van der Waals surface area contributed by atoms with E-state index in [0.717, 1.165) is 4.31 Å². The summed E-state index contributed by atoms with van der Waals surface area (Å²) in [6.07, 6.45) is 0.602. The first-order valence-electron chi connectivity index (χ1n) is 6.71. The summed E-state index contributed by atoms with van der Waals surface area (Å²) in [5.41, 5.74) is 5.42. The lowest BCUT2D eigenvalue weighted by Crippen LogP contribution is -2.39. The molecule has 1 rings (SSSR count). The van der Waals surface area contributed by atoms with Gasteiger partial charge in [-0.3, -0.25) is 4.79 Å². The second-order valence-corrected chi connectivity index (χ2v) is 7.54. The number of nitrogens with two attached hydrogens (primary N) is 1. The normalized spacial score (nSPS) is 14.8. The number of rotatable bonds is 6. The van der Waals surface area contributed by atoms with Crippen molar-refractivity contribution in [1.82, 2.24) is 4.31 Å². The van der Waals surface area contributed by atoms with Gasteiger partial charge in [-0.1, -0.05) is 13.0 Å². The first-order chi connectivity index (χ1) is 9.67. The van der Waals surface area contributed by atoms with E-state index in [4.69, 9.17) is 5.73 Å². The highest BCUT2D eigenvalue weighted by molar-refractivity contribution is 7.89. The Bertz CT molecular complexity index is 608. The van der Waals surface area contributed by atoms with Gasteiger partial charge in [0.25, 0.3) is 0 Å². The van der Waals surface area contributed by atoms with E-state index in [-0.39, 0.29) is 17.3 Å². The zero-order valence-corrected chi connectivity index (χ0v) is 13.7. The minimum absolute atomic E-state index is 0.135. The molecule has 118 valence electrons. The largest absolute Gasteiger partial charge is 0.329 e. The molecule has 6 nitrogen and oxygen atoms in total. The Morgan fingerprint density at radius 2 is 2.00 bits per heavy atom. The van der Waals surface area contributed by atoms with Crippen molar-refractivity contribution in [1.29, 1.82) is 0 Å². The average Bonchev–Trinajstić information content (AvgIpc) is 2.46. The first-order valence-corrected chi connectivity index (χ1v) is 8.15. The molecular weight excluding hydrogens is 290 g/mol. The summed E-state index contributed by atoms with van der Waals surface area (Å²) in [5.74, 6) is -0.216. The highest BCUT2D eigenvalue weighted by Gasteiger charge is 2.29. The van der Waals surface area contributed by atoms with Crippen LogP contribution in [0.3, 0.4) is 0 Å². The summed E-state index contributed by atoms with van der Waals surface area (Å²) >= 11 is 0. The predicted octanol–water partition coefficient (Wildman–Crippen LogP) is 1.25. The Morgan fingerprint density at radius 3 is 2.48 bits per heavy atom. The molecule has 0 aliphatic carbocycles. The number of amides is 1. The maximum Gasteiger partial charge on any atom is 0.242 e. The van der Waals surface area contributed by atoms with Crippen LogP contribution in [0.4, 0.5) is 5.69 Å². The summed E-state index contributed by atoms with van der Waals surface area (Å²) in [6, 6.07) is 6.18. The van der Waals surface area contributed by atoms with Gasteiger partial charge in [0, 0.05) is 26.3 Å². The van der Waals surface area contributed by atoms with Crippen LogP contribution in [0, 0.1) is 5.41 Å². The molecule has 0 saturated carbocycles. The van der Waals surface area contributed by atoms with Gasteiger partial charge in [0.1, 0.15) is 0 Å². The third kappa shape index (κ3) is 3.81. The fourth-order valence-electron chi connectivity index (χ4n) is 1.62. The SMILES string of the molecule is CCC(C)(CN)C(=O)Nc1cccc(S(=O)(=O)N(C)C)c1. The summed E-state index contributed by atoms with van der Waals surface area (Å²) < 4.78 is 25.3. The predicted molar refractivity (Wildman–Crippen MR) is 83.4 cm³/mol. The van der Waals surface area contributed by atoms with E-state index in [9.17, 15) is 13.2 Å². The molecule has 1 unspecified atom stereocenters. The van der Waals surface area contributed by atoms with Gasteiger partial charge in [-0.2, -0.15) is 0 Å². The van der Waals surface area contributed by atoms with Gasteiger partial charge >= 0.3 is 0 Å². The molecule has 7 heteroatoms. The molecule has 0 heterocycles. The van der Waals surface area contributed by atoms with Crippen molar-refractivity contribution in [2.24, 2.45) is 11.1 Å². The van der Waals surface area contributed by atoms with Gasteiger partial charge < -0.3 is 11.1 Å². The van der Waals surface area contributed by atoms with Crippen LogP contribution in [0.2, 0.25) is 0 Å². The summed E-state index contributed by atoms with van der Waals surface area (Å²) in [4.78, 5) is 12.4. The van der Waals surface area contributed by atoms with Gasteiger partial charge in [-0.15, -0.1) is 0 Å². The van der Waals surface area contributed by atoms with Gasteiger partial charge in [-0.25, -0.2) is 12.7 Å². The molecule has 0 aliphatic rings. The van der Waals surface area contributed by atoms with Crippen molar-refractivity contribution in [3.8, 4) is 0 Å². The van der Waals surface area contributed by atoms with Crippen molar-refractivity contribution in [3.05, 3.63) is 24.3 Å². The van der Waals surface area contributed by atoms with E-state index in [0.29, 0.717) is 12.1 Å². The highest BCUT2D eigenvalue weighted by atomic mass is 32.2. The third-order valence-electron chi connectivity index (χ3n) is 3.65. The number of nitrogens with one attached hydrogen (secondary N) is 1. The van der Waals surface area contributed by atoms with Crippen molar-refractivity contribution >= 4 is 21.6 Å². The first kappa shape index (κ1) is 17.6. The van der Waals surface area contributed by atoms with Crippen LogP contribution in [0.1, 0.15) is 20.3 Å². The molecule has 3 N–H and O–H groups in total. The van der Waals surface area contributed by atoms with E-state index >= 15 is 0 Å². The van der Waals surface area contributed by atoms with Crippen LogP contribution in [0.25, 0.3) is 0 Å². The Kier molecular flexibility index (Phi) is 5.49. The molecule has 1 aromatic rings. The zero-order chi connectivity index (χ0) is 16.3. The quantitative estimate of drug-likeness (QED) is 0.826. The number of anilines is 1. The van der Waals surface area contributed by atoms with Crippen molar-refractivity contribution < 1.29 is 13.2 Å². The Balaban J connectivity index is 3.06. The molecule has 0 bridgehead atoms. The van der Waals surface area contributed by atoms with Crippen LogP contribution >= 0.6 is 0 Å². The summed E-state index contributed by atoms with van der Waals surface area (Å²) in [6.45, 7) is 3.90. The maximum atomic E-state index is 12.2. The average molecular weight is 313 g/mol. The molecule has 1 atom stereocenters. The third-order valence-corrected chi connectivity index (χ3v) is 5.46. The second kappa shape index (κ2) is 6.55. The molecule has 0 spiro atoms. The standard InChI is InChI=1S/C14H23N3O3S/c1-5-14(2,10-15)13(18)16-11-7-6-8-12(9-11)21(19,20)17(3)4/h6-9H,5,10,15H2,1-4H3,(H,16,18). The lowest BCUT2D eigenvalue weighted by Gasteiger charge is -2.25. The molecule has 1 aromatic carbocycles. The highest BCUT2D eigenvalue weighted by Crippen LogP contribution is 2.23. The number of benzene rings is 1. The Hall–Kier alpha value is -1.44. The van der Waals surface area contributed by atoms with E-state index in [1.54, 1.807) is 19.1 Å². The second-order valence-electron chi connectivity index (χ2n) is 5.39.